The van der Waals surface area contributed by atoms with Crippen molar-refractivity contribution >= 4 is 23.6 Å². The highest BCUT2D eigenvalue weighted by Crippen LogP contribution is 2.57. The number of amides is 1. The first-order chi connectivity index (χ1) is 18.5. The van der Waals surface area contributed by atoms with Crippen LogP contribution in [0.1, 0.15) is 47.8 Å². The molecule has 0 unspecified atom stereocenters. The predicted molar refractivity (Wildman–Crippen MR) is 141 cm³/mol. The Hall–Kier alpha value is -3.39. The van der Waals surface area contributed by atoms with Crippen LogP contribution < -0.4 is 5.32 Å². The number of rotatable bonds is 3. The number of aromatic nitrogens is 2. The van der Waals surface area contributed by atoms with Crippen LogP contribution in [0.25, 0.3) is 11.8 Å². The van der Waals surface area contributed by atoms with Gasteiger partial charge in [0.25, 0.3) is 5.91 Å². The van der Waals surface area contributed by atoms with E-state index in [1.54, 1.807) is 47.3 Å². The van der Waals surface area contributed by atoms with E-state index < -0.39 is 35.4 Å². The Kier molecular flexibility index (Phi) is 6.21. The van der Waals surface area contributed by atoms with E-state index in [0.717, 1.165) is 28.1 Å². The van der Waals surface area contributed by atoms with E-state index in [0.29, 0.717) is 24.3 Å². The maximum Gasteiger partial charge on any atom is 0.394 e. The molecule has 1 heterocycles. The molecule has 3 aliphatic rings. The van der Waals surface area contributed by atoms with Gasteiger partial charge in [-0.25, -0.2) is 9.07 Å². The minimum Gasteiger partial charge on any atom is -0.348 e. The first-order valence-electron chi connectivity index (χ1n) is 12.9. The van der Waals surface area contributed by atoms with Gasteiger partial charge in [-0.05, 0) is 79.8 Å². The molecule has 0 aliphatic heterocycles. The van der Waals surface area contributed by atoms with E-state index in [-0.39, 0.29) is 17.8 Å². The molecule has 3 aromatic rings. The molecule has 0 spiro atoms. The quantitative estimate of drug-likeness (QED) is 0.272. The summed E-state index contributed by atoms with van der Waals surface area (Å²) >= 11 is 6.03. The first-order valence-corrected chi connectivity index (χ1v) is 13.3. The van der Waals surface area contributed by atoms with Crippen LogP contribution in [-0.4, -0.2) is 27.9 Å². The van der Waals surface area contributed by atoms with Gasteiger partial charge in [0.15, 0.2) is 0 Å². The summed E-state index contributed by atoms with van der Waals surface area (Å²) < 4.78 is 57.9. The van der Waals surface area contributed by atoms with E-state index in [9.17, 15) is 22.4 Å². The number of carbonyl (C=O) groups is 1. The largest absolute Gasteiger partial charge is 0.394 e. The molecule has 1 saturated carbocycles. The SMILES string of the molecule is C[C@]12Cc3cnn(-c4ccc(F)cc4)c3C=C1CC[C@H]1C2=CC[C@@H](C(F)(F)F)[C@@H]1NC(=O)c1cccc(Cl)c1. The summed E-state index contributed by atoms with van der Waals surface area (Å²) in [6.07, 6.45) is 2.64. The number of hydrogen-bond donors (Lipinski definition) is 1. The molecule has 4 nitrogen and oxygen atoms in total. The third-order valence-electron chi connectivity index (χ3n) is 8.55. The van der Waals surface area contributed by atoms with Gasteiger partial charge in [0.05, 0.1) is 23.5 Å². The smallest absolute Gasteiger partial charge is 0.348 e. The molecule has 9 heteroatoms. The normalized spacial score (nSPS) is 26.1. The number of nitrogens with zero attached hydrogens (tertiary/aromatic N) is 2. The summed E-state index contributed by atoms with van der Waals surface area (Å²) in [6, 6.07) is 11.3. The number of nitrogens with one attached hydrogen (secondary N) is 1. The lowest BCUT2D eigenvalue weighted by Gasteiger charge is -2.51. The van der Waals surface area contributed by atoms with Crippen LogP contribution in [-0.2, 0) is 6.42 Å². The van der Waals surface area contributed by atoms with Crippen molar-refractivity contribution in [3.8, 4) is 5.69 Å². The lowest BCUT2D eigenvalue weighted by atomic mass is 9.55. The van der Waals surface area contributed by atoms with Gasteiger partial charge in [0, 0.05) is 28.0 Å². The van der Waals surface area contributed by atoms with Crippen molar-refractivity contribution in [1.29, 1.82) is 0 Å². The molecule has 3 aliphatic carbocycles. The molecule has 4 atom stereocenters. The average molecular weight is 556 g/mol. The molecule has 1 N–H and O–H groups in total. The summed E-state index contributed by atoms with van der Waals surface area (Å²) in [5.41, 5.74) is 4.44. The highest BCUT2D eigenvalue weighted by Gasteiger charge is 2.54. The lowest BCUT2D eigenvalue weighted by molar-refractivity contribution is -0.186. The van der Waals surface area contributed by atoms with Crippen molar-refractivity contribution in [2.75, 3.05) is 0 Å². The van der Waals surface area contributed by atoms with Crippen LogP contribution in [0, 0.1) is 23.1 Å². The second-order valence-electron chi connectivity index (χ2n) is 10.8. The Morgan fingerprint density at radius 1 is 1.18 bits per heavy atom. The minimum atomic E-state index is -4.46. The van der Waals surface area contributed by atoms with Gasteiger partial charge in [0.1, 0.15) is 5.82 Å². The van der Waals surface area contributed by atoms with Crippen LogP contribution in [0.5, 0.6) is 0 Å². The Morgan fingerprint density at radius 3 is 2.67 bits per heavy atom. The molecule has 39 heavy (non-hydrogen) atoms. The zero-order valence-corrected chi connectivity index (χ0v) is 21.9. The van der Waals surface area contributed by atoms with E-state index in [4.69, 9.17) is 11.6 Å². The Bertz CT molecular complexity index is 1510. The standard InChI is InChI=1S/C30H26ClF4N3O/c1-29-15-18-16-36-38(22-8-6-21(32)7-9-22)26(18)14-19(29)5-10-23-24(29)11-12-25(30(33,34)35)27(23)37-28(39)17-3-2-4-20(31)13-17/h2-4,6-9,11,13-14,16,23,25,27H,5,10,12,15H2,1H3,(H,37,39)/t23-,25+,27+,29-/m0/s1. The fourth-order valence-corrected chi connectivity index (χ4v) is 6.82. The van der Waals surface area contributed by atoms with E-state index in [1.807, 2.05) is 0 Å². The lowest BCUT2D eigenvalue weighted by Crippen LogP contribution is -2.55. The zero-order valence-electron chi connectivity index (χ0n) is 21.1. The van der Waals surface area contributed by atoms with Gasteiger partial charge >= 0.3 is 6.18 Å². The molecule has 202 valence electrons. The van der Waals surface area contributed by atoms with Crippen LogP contribution in [0.15, 0.2) is 72.0 Å². The minimum absolute atomic E-state index is 0.194. The predicted octanol–water partition coefficient (Wildman–Crippen LogP) is 7.33. The summed E-state index contributed by atoms with van der Waals surface area (Å²) in [5.74, 6) is -3.02. The molecular formula is C30H26ClF4N3O. The molecule has 1 fully saturated rings. The van der Waals surface area contributed by atoms with Gasteiger partial charge < -0.3 is 5.32 Å². The number of benzene rings is 2. The molecule has 2 aromatic carbocycles. The van der Waals surface area contributed by atoms with Crippen molar-refractivity contribution in [2.24, 2.45) is 17.3 Å². The van der Waals surface area contributed by atoms with Gasteiger partial charge in [-0.15, -0.1) is 0 Å². The fraction of sp³-hybridized carbons (Fsp3) is 0.333. The maximum atomic E-state index is 14.2. The van der Waals surface area contributed by atoms with Gasteiger partial charge in [0.2, 0.25) is 0 Å². The van der Waals surface area contributed by atoms with E-state index >= 15 is 0 Å². The van der Waals surface area contributed by atoms with E-state index in [1.165, 1.54) is 18.2 Å². The van der Waals surface area contributed by atoms with Crippen molar-refractivity contribution in [3.63, 3.8) is 0 Å². The van der Waals surface area contributed by atoms with Crippen LogP contribution in [0.3, 0.4) is 0 Å². The topological polar surface area (TPSA) is 46.9 Å². The van der Waals surface area contributed by atoms with E-state index in [2.05, 4.69) is 23.4 Å². The second kappa shape index (κ2) is 9.37. The monoisotopic (exact) mass is 555 g/mol. The Balaban J connectivity index is 1.35. The number of carbonyl (C=O) groups excluding carboxylic acids is 1. The molecule has 1 amide bonds. The van der Waals surface area contributed by atoms with Gasteiger partial charge in [-0.2, -0.15) is 18.3 Å². The highest BCUT2D eigenvalue weighted by atomic mass is 35.5. The number of hydrogen-bond acceptors (Lipinski definition) is 2. The average Bonchev–Trinajstić information content (AvgIpc) is 3.29. The van der Waals surface area contributed by atoms with Crippen molar-refractivity contribution < 1.29 is 22.4 Å². The van der Waals surface area contributed by atoms with Crippen LogP contribution in [0.4, 0.5) is 17.6 Å². The summed E-state index contributed by atoms with van der Waals surface area (Å²) in [6.45, 7) is 2.08. The Morgan fingerprint density at radius 2 is 1.95 bits per heavy atom. The number of allylic oxidation sites excluding steroid dienone is 2. The van der Waals surface area contributed by atoms with Crippen LogP contribution in [0.2, 0.25) is 5.02 Å². The second-order valence-corrected chi connectivity index (χ2v) is 11.3. The molecule has 1 aromatic heterocycles. The zero-order chi connectivity index (χ0) is 27.5. The summed E-state index contributed by atoms with van der Waals surface area (Å²) in [7, 11) is 0. The number of fused-ring (bicyclic) bond motifs is 4. The molecule has 0 bridgehead atoms. The third-order valence-corrected chi connectivity index (χ3v) is 8.78. The highest BCUT2D eigenvalue weighted by molar-refractivity contribution is 6.30. The fourth-order valence-electron chi connectivity index (χ4n) is 6.63. The summed E-state index contributed by atoms with van der Waals surface area (Å²) in [5, 5.41) is 7.64. The Labute approximate surface area is 228 Å². The number of alkyl halides is 3. The van der Waals surface area contributed by atoms with Crippen molar-refractivity contribution in [3.05, 3.63) is 99.6 Å². The molecule has 0 saturated heterocycles. The van der Waals surface area contributed by atoms with Crippen molar-refractivity contribution in [1.82, 2.24) is 15.1 Å². The number of halogens is 5. The first kappa shape index (κ1) is 25.9. The molecule has 6 rings (SSSR count). The summed E-state index contributed by atoms with van der Waals surface area (Å²) in [4.78, 5) is 13.1. The van der Waals surface area contributed by atoms with Gasteiger partial charge in [-0.3, -0.25) is 4.79 Å². The third kappa shape index (κ3) is 4.48. The molecular weight excluding hydrogens is 530 g/mol. The maximum absolute atomic E-state index is 14.2. The van der Waals surface area contributed by atoms with Crippen LogP contribution >= 0.6 is 11.6 Å². The molecule has 0 radical (unpaired) electrons. The van der Waals surface area contributed by atoms with Gasteiger partial charge in [-0.1, -0.05) is 41.8 Å². The van der Waals surface area contributed by atoms with Crippen molar-refractivity contribution in [2.45, 2.75) is 44.8 Å².